The lowest BCUT2D eigenvalue weighted by atomic mass is 10.1. The first-order valence-electron chi connectivity index (χ1n) is 5.61. The Morgan fingerprint density at radius 2 is 2.56 bits per heavy atom. The minimum Gasteiger partial charge on any atom is -0.480 e. The van der Waals surface area contributed by atoms with Gasteiger partial charge < -0.3 is 9.84 Å². The standard InChI is InChI=1S/C12H13N3O3/c13-6-10-9(2-1-3-14-10)7-15-4-5-18-8-11(15)12(16)17/h1-3,11H,4-5,7-8H2,(H,16,17). The predicted molar refractivity (Wildman–Crippen MR) is 61.6 cm³/mol. The van der Waals surface area contributed by atoms with Gasteiger partial charge in [0.2, 0.25) is 0 Å². The van der Waals surface area contributed by atoms with E-state index in [0.717, 1.165) is 5.56 Å². The van der Waals surface area contributed by atoms with Crippen LogP contribution in [0.1, 0.15) is 11.3 Å². The molecular weight excluding hydrogens is 234 g/mol. The third kappa shape index (κ3) is 2.64. The SMILES string of the molecule is N#Cc1ncccc1CN1CCOCC1C(=O)O. The Hall–Kier alpha value is -1.97. The van der Waals surface area contributed by atoms with Crippen LogP contribution in [0.15, 0.2) is 18.3 Å². The van der Waals surface area contributed by atoms with Gasteiger partial charge in [-0.2, -0.15) is 5.26 Å². The molecule has 1 aliphatic heterocycles. The summed E-state index contributed by atoms with van der Waals surface area (Å²) in [5, 5.41) is 18.1. The number of hydrogen-bond acceptors (Lipinski definition) is 5. The highest BCUT2D eigenvalue weighted by Crippen LogP contribution is 2.14. The Balaban J connectivity index is 2.16. The largest absolute Gasteiger partial charge is 0.480 e. The van der Waals surface area contributed by atoms with Crippen LogP contribution >= 0.6 is 0 Å². The number of aliphatic carboxylic acids is 1. The molecule has 1 aromatic heterocycles. The second-order valence-electron chi connectivity index (χ2n) is 4.02. The second-order valence-corrected chi connectivity index (χ2v) is 4.02. The highest BCUT2D eigenvalue weighted by molar-refractivity contribution is 5.73. The Bertz CT molecular complexity index is 484. The van der Waals surface area contributed by atoms with Crippen LogP contribution in [0.4, 0.5) is 0 Å². The zero-order valence-corrected chi connectivity index (χ0v) is 9.74. The minimum atomic E-state index is -0.905. The van der Waals surface area contributed by atoms with Gasteiger partial charge in [-0.1, -0.05) is 6.07 Å². The molecule has 2 rings (SSSR count). The van der Waals surface area contributed by atoms with Crippen molar-refractivity contribution >= 4 is 5.97 Å². The summed E-state index contributed by atoms with van der Waals surface area (Å²) in [5.41, 5.74) is 1.08. The van der Waals surface area contributed by atoms with Crippen molar-refractivity contribution in [1.29, 1.82) is 5.26 Å². The van der Waals surface area contributed by atoms with Crippen molar-refractivity contribution in [2.45, 2.75) is 12.6 Å². The van der Waals surface area contributed by atoms with Gasteiger partial charge in [0.1, 0.15) is 17.8 Å². The molecule has 0 aromatic carbocycles. The molecule has 0 radical (unpaired) electrons. The summed E-state index contributed by atoms with van der Waals surface area (Å²) in [4.78, 5) is 16.9. The molecule has 94 valence electrons. The van der Waals surface area contributed by atoms with Gasteiger partial charge in [0.05, 0.1) is 13.2 Å². The molecule has 0 bridgehead atoms. The maximum Gasteiger partial charge on any atom is 0.323 e. The first kappa shape index (κ1) is 12.5. The van der Waals surface area contributed by atoms with Crippen molar-refractivity contribution < 1.29 is 14.6 Å². The summed E-state index contributed by atoms with van der Waals surface area (Å²) < 4.78 is 5.16. The molecular formula is C12H13N3O3. The zero-order chi connectivity index (χ0) is 13.0. The first-order valence-corrected chi connectivity index (χ1v) is 5.61. The quantitative estimate of drug-likeness (QED) is 0.823. The van der Waals surface area contributed by atoms with E-state index >= 15 is 0 Å². The van der Waals surface area contributed by atoms with Crippen LogP contribution < -0.4 is 0 Å². The van der Waals surface area contributed by atoms with Gasteiger partial charge in [-0.3, -0.25) is 9.69 Å². The van der Waals surface area contributed by atoms with Crippen molar-refractivity contribution in [2.24, 2.45) is 0 Å². The minimum absolute atomic E-state index is 0.178. The molecule has 0 saturated carbocycles. The molecule has 2 heterocycles. The maximum absolute atomic E-state index is 11.1. The molecule has 1 aromatic rings. The number of carbonyl (C=O) groups is 1. The summed E-state index contributed by atoms with van der Waals surface area (Å²) in [7, 11) is 0. The summed E-state index contributed by atoms with van der Waals surface area (Å²) >= 11 is 0. The third-order valence-electron chi connectivity index (χ3n) is 2.90. The fourth-order valence-corrected chi connectivity index (χ4v) is 1.94. The number of nitrogens with zero attached hydrogens (tertiary/aromatic N) is 3. The van der Waals surface area contributed by atoms with Gasteiger partial charge in [0.25, 0.3) is 0 Å². The maximum atomic E-state index is 11.1. The highest BCUT2D eigenvalue weighted by Gasteiger charge is 2.29. The molecule has 1 aliphatic rings. The average molecular weight is 247 g/mol. The number of morpholine rings is 1. The zero-order valence-electron chi connectivity index (χ0n) is 9.74. The Morgan fingerprint density at radius 3 is 3.28 bits per heavy atom. The number of nitriles is 1. The van der Waals surface area contributed by atoms with Crippen molar-refractivity contribution in [3.05, 3.63) is 29.6 Å². The predicted octanol–water partition coefficient (Wildman–Crippen LogP) is 0.239. The van der Waals surface area contributed by atoms with Gasteiger partial charge in [-0.15, -0.1) is 0 Å². The van der Waals surface area contributed by atoms with E-state index in [4.69, 9.17) is 15.1 Å². The third-order valence-corrected chi connectivity index (χ3v) is 2.90. The summed E-state index contributed by atoms with van der Waals surface area (Å²) in [6.45, 7) is 1.62. The number of aromatic nitrogens is 1. The summed E-state index contributed by atoms with van der Waals surface area (Å²) in [6, 6.07) is 4.89. The van der Waals surface area contributed by atoms with E-state index < -0.39 is 12.0 Å². The van der Waals surface area contributed by atoms with Crippen molar-refractivity contribution in [1.82, 2.24) is 9.88 Å². The van der Waals surface area contributed by atoms with Crippen LogP contribution in [-0.2, 0) is 16.1 Å². The highest BCUT2D eigenvalue weighted by atomic mass is 16.5. The Labute approximate surface area is 104 Å². The first-order chi connectivity index (χ1) is 8.72. The van der Waals surface area contributed by atoms with Gasteiger partial charge in [0, 0.05) is 24.8 Å². The average Bonchev–Trinajstić information content (AvgIpc) is 2.40. The van der Waals surface area contributed by atoms with Crippen LogP contribution in [-0.4, -0.2) is 46.8 Å². The smallest absolute Gasteiger partial charge is 0.323 e. The van der Waals surface area contributed by atoms with E-state index in [-0.39, 0.29) is 6.61 Å². The van der Waals surface area contributed by atoms with Crippen LogP contribution in [0.3, 0.4) is 0 Å². The van der Waals surface area contributed by atoms with Crippen LogP contribution in [0.5, 0.6) is 0 Å². The molecule has 1 atom stereocenters. The number of pyridine rings is 1. The lowest BCUT2D eigenvalue weighted by Gasteiger charge is -2.32. The molecule has 1 N–H and O–H groups in total. The summed E-state index contributed by atoms with van der Waals surface area (Å²) in [6.07, 6.45) is 1.55. The molecule has 1 fully saturated rings. The van der Waals surface area contributed by atoms with Crippen LogP contribution in [0, 0.1) is 11.3 Å². The van der Waals surface area contributed by atoms with E-state index in [1.54, 1.807) is 23.2 Å². The number of carboxylic acids is 1. The number of hydrogen-bond donors (Lipinski definition) is 1. The molecule has 0 spiro atoms. The van der Waals surface area contributed by atoms with Crippen LogP contribution in [0.2, 0.25) is 0 Å². The molecule has 0 amide bonds. The van der Waals surface area contributed by atoms with Crippen molar-refractivity contribution in [2.75, 3.05) is 19.8 Å². The number of rotatable bonds is 3. The van der Waals surface area contributed by atoms with Crippen molar-refractivity contribution in [3.63, 3.8) is 0 Å². The van der Waals surface area contributed by atoms with Crippen LogP contribution in [0.25, 0.3) is 0 Å². The van der Waals surface area contributed by atoms with Gasteiger partial charge in [-0.05, 0) is 6.07 Å². The Kier molecular flexibility index (Phi) is 3.87. The molecule has 18 heavy (non-hydrogen) atoms. The molecule has 0 aliphatic carbocycles. The molecule has 6 heteroatoms. The van der Waals surface area contributed by atoms with Gasteiger partial charge in [0.15, 0.2) is 0 Å². The lowest BCUT2D eigenvalue weighted by Crippen LogP contribution is -2.49. The Morgan fingerprint density at radius 1 is 1.72 bits per heavy atom. The van der Waals surface area contributed by atoms with E-state index in [0.29, 0.717) is 25.4 Å². The fourth-order valence-electron chi connectivity index (χ4n) is 1.94. The van der Waals surface area contributed by atoms with E-state index in [9.17, 15) is 4.79 Å². The topological polar surface area (TPSA) is 86.5 Å². The lowest BCUT2D eigenvalue weighted by molar-refractivity contribution is -0.150. The summed E-state index contributed by atoms with van der Waals surface area (Å²) in [5.74, 6) is -0.905. The number of carboxylic acid groups (broad SMARTS) is 1. The molecule has 1 saturated heterocycles. The van der Waals surface area contributed by atoms with E-state index in [1.165, 1.54) is 0 Å². The van der Waals surface area contributed by atoms with Gasteiger partial charge >= 0.3 is 5.97 Å². The van der Waals surface area contributed by atoms with Crippen molar-refractivity contribution in [3.8, 4) is 6.07 Å². The van der Waals surface area contributed by atoms with E-state index in [1.807, 2.05) is 6.07 Å². The fraction of sp³-hybridized carbons (Fsp3) is 0.417. The second kappa shape index (κ2) is 5.58. The normalized spacial score (nSPS) is 20.3. The molecule has 6 nitrogen and oxygen atoms in total. The molecule has 1 unspecified atom stereocenters. The monoisotopic (exact) mass is 247 g/mol. The number of ether oxygens (including phenoxy) is 1. The van der Waals surface area contributed by atoms with E-state index in [2.05, 4.69) is 4.98 Å². The van der Waals surface area contributed by atoms with Gasteiger partial charge in [-0.25, -0.2) is 4.98 Å².